The molecule has 2 rings (SSSR count). The average Bonchev–Trinajstić information content (AvgIpc) is 3.01. The Kier molecular flexibility index (Phi) is 7.78. The number of benzene rings is 1. The number of guanidine groups is 1. The first-order chi connectivity index (χ1) is 13.3. The van der Waals surface area contributed by atoms with Crippen molar-refractivity contribution in [3.63, 3.8) is 0 Å². The lowest BCUT2D eigenvalue weighted by molar-refractivity contribution is 0.324. The largest absolute Gasteiger partial charge is 0.492 e. The van der Waals surface area contributed by atoms with Crippen LogP contribution in [0, 0.1) is 11.6 Å². The number of aromatic nitrogens is 2. The Morgan fingerprint density at radius 1 is 1.32 bits per heavy atom. The molecule has 154 valence electrons. The number of nitrogens with one attached hydrogen (secondary N) is 1. The van der Waals surface area contributed by atoms with Crippen LogP contribution in [0.15, 0.2) is 29.4 Å². The van der Waals surface area contributed by atoms with Crippen LogP contribution < -0.4 is 10.1 Å². The molecule has 1 heterocycles. The zero-order valence-corrected chi connectivity index (χ0v) is 17.2. The summed E-state index contributed by atoms with van der Waals surface area (Å²) in [6, 6.07) is 3.48. The van der Waals surface area contributed by atoms with Crippen LogP contribution in [0.4, 0.5) is 8.78 Å². The molecule has 0 spiro atoms. The van der Waals surface area contributed by atoms with E-state index in [2.05, 4.69) is 29.3 Å². The van der Waals surface area contributed by atoms with Crippen molar-refractivity contribution in [1.29, 1.82) is 0 Å². The molecule has 1 aromatic carbocycles. The van der Waals surface area contributed by atoms with E-state index in [1.54, 1.807) is 0 Å². The van der Waals surface area contributed by atoms with E-state index in [1.807, 2.05) is 36.8 Å². The van der Waals surface area contributed by atoms with Gasteiger partial charge >= 0.3 is 0 Å². The van der Waals surface area contributed by atoms with Crippen molar-refractivity contribution in [2.24, 2.45) is 12.0 Å². The number of halogens is 2. The van der Waals surface area contributed by atoms with Gasteiger partial charge in [0.15, 0.2) is 17.6 Å². The number of hydrogen-bond donors (Lipinski definition) is 1. The van der Waals surface area contributed by atoms with Gasteiger partial charge in [0.25, 0.3) is 0 Å². The van der Waals surface area contributed by atoms with Gasteiger partial charge in [-0.15, -0.1) is 0 Å². The smallest absolute Gasteiger partial charge is 0.194 e. The van der Waals surface area contributed by atoms with Gasteiger partial charge < -0.3 is 15.0 Å². The Bertz CT molecular complexity index is 804. The molecule has 2 aromatic rings. The number of aryl methyl sites for hydroxylation is 1. The zero-order chi connectivity index (χ0) is 20.7. The second kappa shape index (κ2) is 10.1. The lowest BCUT2D eigenvalue weighted by Gasteiger charge is -2.22. The van der Waals surface area contributed by atoms with E-state index in [0.29, 0.717) is 19.0 Å². The highest BCUT2D eigenvalue weighted by Gasteiger charge is 2.15. The summed E-state index contributed by atoms with van der Waals surface area (Å²) in [5.74, 6) is -0.447. The summed E-state index contributed by atoms with van der Waals surface area (Å²) in [5, 5.41) is 7.80. The molecule has 0 aliphatic rings. The van der Waals surface area contributed by atoms with E-state index in [4.69, 9.17) is 4.74 Å². The maximum atomic E-state index is 13.2. The normalized spacial score (nSPS) is 11.8. The van der Waals surface area contributed by atoms with Crippen molar-refractivity contribution in [2.75, 3.05) is 26.7 Å². The molecule has 0 atom stereocenters. The van der Waals surface area contributed by atoms with Gasteiger partial charge in [-0.2, -0.15) is 5.10 Å². The fourth-order valence-electron chi connectivity index (χ4n) is 2.84. The third kappa shape index (κ3) is 5.94. The number of aliphatic imine (C=N–C) groups is 1. The second-order valence-electron chi connectivity index (χ2n) is 6.88. The summed E-state index contributed by atoms with van der Waals surface area (Å²) in [4.78, 5) is 6.59. The molecule has 0 radical (unpaired) electrons. The molecule has 0 aliphatic carbocycles. The number of nitrogens with zero attached hydrogens (tertiary/aromatic N) is 4. The molecule has 0 fully saturated rings. The van der Waals surface area contributed by atoms with Gasteiger partial charge in [0.1, 0.15) is 12.4 Å². The molecule has 28 heavy (non-hydrogen) atoms. The lowest BCUT2D eigenvalue weighted by Crippen LogP contribution is -2.39. The third-order valence-corrected chi connectivity index (χ3v) is 4.10. The first-order valence-corrected chi connectivity index (χ1v) is 9.41. The summed E-state index contributed by atoms with van der Waals surface area (Å²) in [7, 11) is 3.89. The van der Waals surface area contributed by atoms with E-state index >= 15 is 0 Å². The molecule has 1 N–H and O–H groups in total. The fourth-order valence-corrected chi connectivity index (χ4v) is 2.84. The summed E-state index contributed by atoms with van der Waals surface area (Å²) in [6.45, 7) is 8.31. The van der Waals surface area contributed by atoms with Crippen molar-refractivity contribution in [3.05, 3.63) is 47.3 Å². The van der Waals surface area contributed by atoms with Crippen molar-refractivity contribution in [3.8, 4) is 5.75 Å². The van der Waals surface area contributed by atoms with Crippen molar-refractivity contribution in [1.82, 2.24) is 20.0 Å². The van der Waals surface area contributed by atoms with E-state index < -0.39 is 11.6 Å². The summed E-state index contributed by atoms with van der Waals surface area (Å²) in [6.07, 6.45) is 2.03. The fraction of sp³-hybridized carbons (Fsp3) is 0.500. The predicted molar refractivity (Wildman–Crippen MR) is 107 cm³/mol. The van der Waals surface area contributed by atoms with E-state index in [1.165, 1.54) is 6.07 Å². The molecule has 6 nitrogen and oxygen atoms in total. The van der Waals surface area contributed by atoms with Gasteiger partial charge in [-0.25, -0.2) is 13.8 Å². The van der Waals surface area contributed by atoms with Gasteiger partial charge in [0.2, 0.25) is 0 Å². The van der Waals surface area contributed by atoms with E-state index in [0.717, 1.165) is 35.9 Å². The molecule has 0 bridgehead atoms. The van der Waals surface area contributed by atoms with E-state index in [-0.39, 0.29) is 12.4 Å². The minimum absolute atomic E-state index is 0.262. The number of hydrogen-bond acceptors (Lipinski definition) is 3. The van der Waals surface area contributed by atoms with Gasteiger partial charge in [0.05, 0.1) is 12.2 Å². The maximum absolute atomic E-state index is 13.2. The molecule has 0 saturated heterocycles. The highest BCUT2D eigenvalue weighted by atomic mass is 19.2. The summed E-state index contributed by atoms with van der Waals surface area (Å²) < 4.78 is 33.4. The zero-order valence-electron chi connectivity index (χ0n) is 17.2. The topological polar surface area (TPSA) is 54.7 Å². The van der Waals surface area contributed by atoms with Crippen LogP contribution in [0.25, 0.3) is 0 Å². The van der Waals surface area contributed by atoms with Gasteiger partial charge in [-0.3, -0.25) is 4.68 Å². The quantitative estimate of drug-likeness (QED) is 0.425. The number of ether oxygens (including phenoxy) is 1. The van der Waals surface area contributed by atoms with Gasteiger partial charge in [-0.1, -0.05) is 13.8 Å². The second-order valence-corrected chi connectivity index (χ2v) is 6.88. The van der Waals surface area contributed by atoms with Crippen LogP contribution >= 0.6 is 0 Å². The van der Waals surface area contributed by atoms with Crippen LogP contribution in [-0.2, 0) is 13.6 Å². The molecule has 1 aromatic heterocycles. The first kappa shape index (κ1) is 21.7. The van der Waals surface area contributed by atoms with Crippen LogP contribution in [-0.4, -0.2) is 47.4 Å². The highest BCUT2D eigenvalue weighted by Crippen LogP contribution is 2.18. The third-order valence-electron chi connectivity index (χ3n) is 4.10. The SMILES string of the molecule is CCNC(=NCCOc1ccc(F)c(F)c1)N(C)Cc1cn(C)nc1C(C)C. The molecule has 8 heteroatoms. The molecule has 0 saturated carbocycles. The monoisotopic (exact) mass is 393 g/mol. The number of rotatable bonds is 8. The molecule has 0 aliphatic heterocycles. The average molecular weight is 393 g/mol. The van der Waals surface area contributed by atoms with Crippen molar-refractivity contribution >= 4 is 5.96 Å². The van der Waals surface area contributed by atoms with E-state index in [9.17, 15) is 8.78 Å². The van der Waals surface area contributed by atoms with Crippen LogP contribution in [0.5, 0.6) is 5.75 Å². The molecule has 0 amide bonds. The maximum Gasteiger partial charge on any atom is 0.194 e. The van der Waals surface area contributed by atoms with Crippen LogP contribution in [0.1, 0.15) is 37.9 Å². The van der Waals surface area contributed by atoms with Crippen LogP contribution in [0.3, 0.4) is 0 Å². The van der Waals surface area contributed by atoms with Crippen molar-refractivity contribution in [2.45, 2.75) is 33.2 Å². The Balaban J connectivity index is 1.97. The van der Waals surface area contributed by atoms with Gasteiger partial charge in [0, 0.05) is 45.0 Å². The summed E-state index contributed by atoms with van der Waals surface area (Å²) >= 11 is 0. The van der Waals surface area contributed by atoms with Gasteiger partial charge in [-0.05, 0) is 25.0 Å². The lowest BCUT2D eigenvalue weighted by atomic mass is 10.1. The summed E-state index contributed by atoms with van der Waals surface area (Å²) in [5.41, 5.74) is 2.23. The molecular weight excluding hydrogens is 364 g/mol. The Hall–Kier alpha value is -2.64. The van der Waals surface area contributed by atoms with Crippen molar-refractivity contribution < 1.29 is 13.5 Å². The Morgan fingerprint density at radius 3 is 2.71 bits per heavy atom. The minimum Gasteiger partial charge on any atom is -0.492 e. The van der Waals surface area contributed by atoms with Crippen LogP contribution in [0.2, 0.25) is 0 Å². The molecular formula is C20H29F2N5O. The highest BCUT2D eigenvalue weighted by molar-refractivity contribution is 5.79. The Labute approximate surface area is 165 Å². The Morgan fingerprint density at radius 2 is 2.07 bits per heavy atom. The molecule has 0 unspecified atom stereocenters. The predicted octanol–water partition coefficient (Wildman–Crippen LogP) is 3.30. The minimum atomic E-state index is -0.925. The standard InChI is InChI=1S/C20H29F2N5O/c1-6-23-20(24-9-10-28-16-7-8-17(21)18(22)11-16)26(4)12-15-13-27(5)25-19(15)14(2)3/h7-8,11,13-14H,6,9-10,12H2,1-5H3,(H,23,24). The first-order valence-electron chi connectivity index (χ1n) is 9.41.